The summed E-state index contributed by atoms with van der Waals surface area (Å²) in [6.45, 7) is 10.1. The van der Waals surface area contributed by atoms with Crippen LogP contribution in [-0.2, 0) is 0 Å². The van der Waals surface area contributed by atoms with Crippen molar-refractivity contribution >= 4 is 27.9 Å². The number of carbonyl (C=O) groups excluding carboxylic acids is 1. The molecule has 0 atom stereocenters. The molecule has 0 aromatic carbocycles. The summed E-state index contributed by atoms with van der Waals surface area (Å²) >= 11 is 1.30. The van der Waals surface area contributed by atoms with E-state index in [9.17, 15) is 10.1 Å². The molecule has 1 aromatic heterocycles. The van der Waals surface area contributed by atoms with E-state index in [1.807, 2.05) is 0 Å². The number of rotatable bonds is 4. The first kappa shape index (κ1) is 15.4. The third-order valence-corrected chi connectivity index (χ3v) is 4.88. The number of nitrogens with one attached hydrogen (secondary N) is 1. The first-order valence-corrected chi connectivity index (χ1v) is 7.67. The van der Waals surface area contributed by atoms with Crippen LogP contribution in [0.1, 0.15) is 35.5 Å². The maximum absolute atomic E-state index is 12.1. The van der Waals surface area contributed by atoms with Crippen molar-refractivity contribution in [2.75, 3.05) is 30.3 Å². The Morgan fingerprint density at radius 3 is 2.90 bits per heavy atom. The number of carbonyl (C=O) groups is 1. The summed E-state index contributed by atoms with van der Waals surface area (Å²) in [6.07, 6.45) is 2.67. The van der Waals surface area contributed by atoms with Crippen molar-refractivity contribution in [3.63, 3.8) is 0 Å². The highest BCUT2D eigenvalue weighted by Gasteiger charge is 2.33. The fourth-order valence-corrected chi connectivity index (χ4v) is 3.57. The zero-order valence-electron chi connectivity index (χ0n) is 12.4. The Bertz CT molecular complexity index is 612. The maximum atomic E-state index is 12.1. The summed E-state index contributed by atoms with van der Waals surface area (Å²) in [6, 6.07) is 2.14. The Labute approximate surface area is 129 Å². The molecule has 3 N–H and O–H groups in total. The standard InChI is InChI=1S/C15H20N4OS/c1-4-6-18-13(20)12-11(17)10(8-16)14(21-12)19-7-5-15(2,3)9-19/h4H,1,5-7,9,17H2,2-3H3,(H,18,20). The largest absolute Gasteiger partial charge is 0.396 e. The van der Waals surface area contributed by atoms with E-state index in [-0.39, 0.29) is 17.0 Å². The lowest BCUT2D eigenvalue weighted by molar-refractivity contribution is 0.0963. The van der Waals surface area contributed by atoms with Gasteiger partial charge in [0.25, 0.3) is 5.91 Å². The first-order chi connectivity index (χ1) is 9.89. The Morgan fingerprint density at radius 1 is 1.67 bits per heavy atom. The number of nitrogens with two attached hydrogens (primary N) is 1. The highest BCUT2D eigenvalue weighted by atomic mass is 32.1. The van der Waals surface area contributed by atoms with Gasteiger partial charge in [-0.25, -0.2) is 0 Å². The van der Waals surface area contributed by atoms with Crippen LogP contribution in [0.3, 0.4) is 0 Å². The van der Waals surface area contributed by atoms with E-state index in [1.54, 1.807) is 6.08 Å². The highest BCUT2D eigenvalue weighted by Crippen LogP contribution is 2.42. The van der Waals surface area contributed by atoms with Crippen molar-refractivity contribution in [3.8, 4) is 6.07 Å². The van der Waals surface area contributed by atoms with E-state index in [0.29, 0.717) is 17.0 Å². The molecule has 112 valence electrons. The number of hydrogen-bond donors (Lipinski definition) is 2. The van der Waals surface area contributed by atoms with Gasteiger partial charge in [0, 0.05) is 19.6 Å². The second-order valence-electron chi connectivity index (χ2n) is 5.97. The molecule has 2 rings (SSSR count). The third-order valence-electron chi connectivity index (χ3n) is 3.62. The zero-order chi connectivity index (χ0) is 15.6. The van der Waals surface area contributed by atoms with Crippen LogP contribution in [0.2, 0.25) is 0 Å². The van der Waals surface area contributed by atoms with Crippen LogP contribution in [-0.4, -0.2) is 25.5 Å². The Kier molecular flexibility index (Phi) is 4.24. The molecule has 1 fully saturated rings. The van der Waals surface area contributed by atoms with Crippen molar-refractivity contribution in [1.82, 2.24) is 5.32 Å². The molecule has 0 saturated carbocycles. The van der Waals surface area contributed by atoms with Crippen LogP contribution in [0.5, 0.6) is 0 Å². The molecular weight excluding hydrogens is 284 g/mol. The van der Waals surface area contributed by atoms with Gasteiger partial charge < -0.3 is 16.0 Å². The minimum Gasteiger partial charge on any atom is -0.396 e. The van der Waals surface area contributed by atoms with Crippen LogP contribution in [0.4, 0.5) is 10.7 Å². The molecule has 5 nitrogen and oxygen atoms in total. The minimum absolute atomic E-state index is 0.219. The highest BCUT2D eigenvalue weighted by molar-refractivity contribution is 7.19. The topological polar surface area (TPSA) is 82.2 Å². The fourth-order valence-electron chi connectivity index (χ4n) is 2.46. The lowest BCUT2D eigenvalue weighted by Gasteiger charge is -2.20. The van der Waals surface area contributed by atoms with Crippen molar-refractivity contribution in [1.29, 1.82) is 5.26 Å². The average molecular weight is 304 g/mol. The lowest BCUT2D eigenvalue weighted by atomic mass is 9.93. The van der Waals surface area contributed by atoms with Gasteiger partial charge in [0.05, 0.1) is 5.69 Å². The summed E-state index contributed by atoms with van der Waals surface area (Å²) in [5.41, 5.74) is 6.92. The second kappa shape index (κ2) is 5.78. The number of thiophene rings is 1. The normalized spacial score (nSPS) is 16.5. The predicted molar refractivity (Wildman–Crippen MR) is 86.6 cm³/mol. The predicted octanol–water partition coefficient (Wildman–Crippen LogP) is 2.35. The van der Waals surface area contributed by atoms with E-state index >= 15 is 0 Å². The Hall–Kier alpha value is -2.00. The molecule has 21 heavy (non-hydrogen) atoms. The summed E-state index contributed by atoms with van der Waals surface area (Å²) in [5.74, 6) is -0.251. The van der Waals surface area contributed by atoms with Gasteiger partial charge in [-0.05, 0) is 11.8 Å². The molecule has 2 heterocycles. The maximum Gasteiger partial charge on any atom is 0.263 e. The molecule has 0 unspecified atom stereocenters. The molecule has 0 spiro atoms. The van der Waals surface area contributed by atoms with Gasteiger partial charge in [0.15, 0.2) is 0 Å². The number of nitriles is 1. The van der Waals surface area contributed by atoms with Crippen molar-refractivity contribution in [2.24, 2.45) is 5.41 Å². The molecule has 0 radical (unpaired) electrons. The molecule has 0 aliphatic carbocycles. The fraction of sp³-hybridized carbons (Fsp3) is 0.467. The summed E-state index contributed by atoms with van der Waals surface area (Å²) in [5, 5.41) is 12.9. The second-order valence-corrected chi connectivity index (χ2v) is 6.97. The van der Waals surface area contributed by atoms with E-state index in [2.05, 4.69) is 36.7 Å². The van der Waals surface area contributed by atoms with Gasteiger partial charge in [-0.15, -0.1) is 17.9 Å². The van der Waals surface area contributed by atoms with Gasteiger partial charge in [-0.2, -0.15) is 5.26 Å². The van der Waals surface area contributed by atoms with Crippen molar-refractivity contribution in [2.45, 2.75) is 20.3 Å². The van der Waals surface area contributed by atoms with Gasteiger partial charge in [-0.3, -0.25) is 4.79 Å². The number of hydrogen-bond acceptors (Lipinski definition) is 5. The number of nitrogens with zero attached hydrogens (tertiary/aromatic N) is 2. The monoisotopic (exact) mass is 304 g/mol. The molecular formula is C15H20N4OS. The number of nitrogen functional groups attached to an aromatic ring is 1. The van der Waals surface area contributed by atoms with Crippen LogP contribution >= 0.6 is 11.3 Å². The Balaban J connectivity index is 2.33. The van der Waals surface area contributed by atoms with Gasteiger partial charge in [0.2, 0.25) is 0 Å². The van der Waals surface area contributed by atoms with Crippen LogP contribution < -0.4 is 16.0 Å². The number of anilines is 2. The molecule has 6 heteroatoms. The van der Waals surface area contributed by atoms with Gasteiger partial charge in [0.1, 0.15) is 21.5 Å². The van der Waals surface area contributed by atoms with Crippen LogP contribution in [0.15, 0.2) is 12.7 Å². The van der Waals surface area contributed by atoms with Crippen LogP contribution in [0.25, 0.3) is 0 Å². The van der Waals surface area contributed by atoms with E-state index in [1.165, 1.54) is 11.3 Å². The molecule has 1 aliphatic heterocycles. The van der Waals surface area contributed by atoms with Gasteiger partial charge in [-0.1, -0.05) is 19.9 Å². The van der Waals surface area contributed by atoms with E-state index in [4.69, 9.17) is 5.73 Å². The Morgan fingerprint density at radius 2 is 2.38 bits per heavy atom. The molecule has 1 amide bonds. The van der Waals surface area contributed by atoms with E-state index in [0.717, 1.165) is 24.5 Å². The summed E-state index contributed by atoms with van der Waals surface area (Å²) in [4.78, 5) is 14.7. The molecule has 0 bridgehead atoms. The zero-order valence-corrected chi connectivity index (χ0v) is 13.2. The molecule has 1 aliphatic rings. The number of amides is 1. The SMILES string of the molecule is C=CCNC(=O)c1sc(N2CCC(C)(C)C2)c(C#N)c1N. The average Bonchev–Trinajstić information content (AvgIpc) is 2.95. The molecule has 1 aromatic rings. The van der Waals surface area contributed by atoms with Crippen LogP contribution in [0, 0.1) is 16.7 Å². The van der Waals surface area contributed by atoms with Crippen molar-refractivity contribution in [3.05, 3.63) is 23.1 Å². The first-order valence-electron chi connectivity index (χ1n) is 6.86. The minimum atomic E-state index is -0.251. The summed E-state index contributed by atoms with van der Waals surface area (Å²) in [7, 11) is 0. The summed E-state index contributed by atoms with van der Waals surface area (Å²) < 4.78 is 0. The van der Waals surface area contributed by atoms with E-state index < -0.39 is 0 Å². The van der Waals surface area contributed by atoms with Crippen molar-refractivity contribution < 1.29 is 4.79 Å². The molecule has 1 saturated heterocycles. The third kappa shape index (κ3) is 3.03. The quantitative estimate of drug-likeness (QED) is 0.837. The lowest BCUT2D eigenvalue weighted by Crippen LogP contribution is -2.23. The smallest absolute Gasteiger partial charge is 0.263 e. The van der Waals surface area contributed by atoms with Gasteiger partial charge >= 0.3 is 0 Å².